The molecule has 3 aliphatic carbocycles. The van der Waals surface area contributed by atoms with Gasteiger partial charge in [0.05, 0.1) is 22.4 Å². The fourth-order valence-corrected chi connectivity index (χ4v) is 10.4. The number of rotatable bonds is 5. The minimum absolute atomic E-state index is 0.0638. The van der Waals surface area contributed by atoms with Gasteiger partial charge in [-0.15, -0.1) is 0 Å². The molecule has 8 aromatic rings. The zero-order valence-corrected chi connectivity index (χ0v) is 29.9. The van der Waals surface area contributed by atoms with Gasteiger partial charge < -0.3 is 9.47 Å². The fraction of sp³-hybridized carbons (Fsp3) is 0.137. The van der Waals surface area contributed by atoms with Crippen LogP contribution in [-0.4, -0.2) is 4.57 Å². The smallest absolute Gasteiger partial charge is 0.0561 e. The summed E-state index contributed by atoms with van der Waals surface area (Å²) in [7, 11) is 0. The van der Waals surface area contributed by atoms with Crippen LogP contribution in [0.3, 0.4) is 0 Å². The van der Waals surface area contributed by atoms with Gasteiger partial charge in [0.25, 0.3) is 0 Å². The molecule has 3 unspecified atom stereocenters. The lowest BCUT2D eigenvalue weighted by Crippen LogP contribution is -2.24. The Labute approximate surface area is 311 Å². The normalized spacial score (nSPS) is 19.8. The van der Waals surface area contributed by atoms with Crippen LogP contribution in [0.15, 0.2) is 182 Å². The van der Waals surface area contributed by atoms with Crippen molar-refractivity contribution in [3.63, 3.8) is 0 Å². The predicted molar refractivity (Wildman–Crippen MR) is 222 cm³/mol. The molecule has 1 saturated carbocycles. The maximum atomic E-state index is 2.63. The number of fused-ring (bicyclic) bond motifs is 10. The first-order valence-corrected chi connectivity index (χ1v) is 19.2. The molecule has 53 heavy (non-hydrogen) atoms. The number of benzene rings is 7. The number of para-hydroxylation sites is 3. The van der Waals surface area contributed by atoms with Crippen molar-refractivity contribution in [1.82, 2.24) is 4.57 Å². The maximum absolute atomic E-state index is 2.63. The van der Waals surface area contributed by atoms with E-state index in [1.54, 1.807) is 5.57 Å². The summed E-state index contributed by atoms with van der Waals surface area (Å²) < 4.78 is 2.43. The monoisotopic (exact) mass is 680 g/mol. The summed E-state index contributed by atoms with van der Waals surface area (Å²) in [6, 6.07) is 63.0. The average Bonchev–Trinajstić information content (AvgIpc) is 3.94. The second-order valence-electron chi connectivity index (χ2n) is 15.3. The van der Waals surface area contributed by atoms with Gasteiger partial charge in [-0.05, 0) is 95.8 Å². The number of anilines is 3. The minimum Gasteiger partial charge on any atom is -0.309 e. The standard InChI is InChI=1S/C51H40N2/c1-34-31-36-29-30-51(45(36)32-34)43-22-11-8-21-42(43)50-44(51)23-14-26-48(50)53(46-24-12-9-19-39(46)35-15-4-2-5-16-35)38-27-28-41-40-20-10-13-25-47(40)52(49(41)33-38)37-17-6-3-7-18-37/h2-28,32-34,36H,29-31H2,1H3. The van der Waals surface area contributed by atoms with E-state index in [9.17, 15) is 0 Å². The molecular weight excluding hydrogens is 641 g/mol. The quantitative estimate of drug-likeness (QED) is 0.164. The van der Waals surface area contributed by atoms with Gasteiger partial charge in [0.2, 0.25) is 0 Å². The van der Waals surface area contributed by atoms with Gasteiger partial charge in [0.15, 0.2) is 0 Å². The van der Waals surface area contributed by atoms with E-state index in [4.69, 9.17) is 0 Å². The molecule has 7 aromatic carbocycles. The average molecular weight is 681 g/mol. The third-order valence-corrected chi connectivity index (χ3v) is 12.5. The Hall–Kier alpha value is -6.12. The second-order valence-corrected chi connectivity index (χ2v) is 15.3. The van der Waals surface area contributed by atoms with Gasteiger partial charge in [-0.2, -0.15) is 0 Å². The van der Waals surface area contributed by atoms with Gasteiger partial charge in [-0.1, -0.05) is 146 Å². The van der Waals surface area contributed by atoms with Gasteiger partial charge in [0.1, 0.15) is 0 Å². The molecule has 11 rings (SSSR count). The number of aromatic nitrogens is 1. The summed E-state index contributed by atoms with van der Waals surface area (Å²) in [6.45, 7) is 2.41. The van der Waals surface area contributed by atoms with Crippen molar-refractivity contribution in [3.05, 3.63) is 193 Å². The Bertz CT molecular complexity index is 2740. The van der Waals surface area contributed by atoms with Crippen LogP contribution < -0.4 is 4.90 Å². The van der Waals surface area contributed by atoms with Crippen LogP contribution >= 0.6 is 0 Å². The number of hydrogen-bond acceptors (Lipinski definition) is 1. The first-order chi connectivity index (χ1) is 26.2. The van der Waals surface area contributed by atoms with E-state index in [0.29, 0.717) is 11.8 Å². The fourth-order valence-electron chi connectivity index (χ4n) is 10.4. The maximum Gasteiger partial charge on any atom is 0.0561 e. The van der Waals surface area contributed by atoms with E-state index in [1.807, 2.05) is 0 Å². The van der Waals surface area contributed by atoms with Crippen molar-refractivity contribution in [3.8, 4) is 27.9 Å². The molecule has 0 saturated heterocycles. The first-order valence-electron chi connectivity index (χ1n) is 19.2. The molecule has 1 heterocycles. The van der Waals surface area contributed by atoms with E-state index >= 15 is 0 Å². The highest BCUT2D eigenvalue weighted by atomic mass is 15.2. The van der Waals surface area contributed by atoms with Crippen LogP contribution in [0.5, 0.6) is 0 Å². The van der Waals surface area contributed by atoms with Crippen molar-refractivity contribution >= 4 is 38.9 Å². The summed E-state index contributed by atoms with van der Waals surface area (Å²) in [5, 5.41) is 2.52. The molecule has 3 aliphatic rings. The Morgan fingerprint density at radius 1 is 0.585 bits per heavy atom. The molecule has 2 heteroatoms. The van der Waals surface area contributed by atoms with Crippen LogP contribution in [0.4, 0.5) is 17.1 Å². The topological polar surface area (TPSA) is 8.17 Å². The zero-order chi connectivity index (χ0) is 35.1. The molecule has 1 spiro atoms. The van der Waals surface area contributed by atoms with E-state index in [-0.39, 0.29) is 5.41 Å². The van der Waals surface area contributed by atoms with Crippen molar-refractivity contribution in [1.29, 1.82) is 0 Å². The third-order valence-electron chi connectivity index (χ3n) is 12.5. The van der Waals surface area contributed by atoms with E-state index < -0.39 is 0 Å². The molecule has 3 atom stereocenters. The van der Waals surface area contributed by atoms with Crippen LogP contribution in [0.25, 0.3) is 49.7 Å². The van der Waals surface area contributed by atoms with Gasteiger partial charge >= 0.3 is 0 Å². The minimum atomic E-state index is -0.0638. The molecule has 0 aliphatic heterocycles. The number of allylic oxidation sites excluding steroid dienone is 2. The molecule has 0 radical (unpaired) electrons. The lowest BCUT2D eigenvalue weighted by Gasteiger charge is -2.32. The first kappa shape index (κ1) is 30.5. The van der Waals surface area contributed by atoms with Crippen molar-refractivity contribution in [2.45, 2.75) is 31.6 Å². The third kappa shape index (κ3) is 4.39. The Morgan fingerprint density at radius 3 is 2.13 bits per heavy atom. The van der Waals surface area contributed by atoms with Crippen molar-refractivity contribution in [2.24, 2.45) is 11.8 Å². The van der Waals surface area contributed by atoms with Crippen LogP contribution in [0.2, 0.25) is 0 Å². The van der Waals surface area contributed by atoms with Crippen molar-refractivity contribution < 1.29 is 0 Å². The molecule has 1 aromatic heterocycles. The highest BCUT2D eigenvalue weighted by Crippen LogP contribution is 2.65. The SMILES string of the molecule is CC1C=C2C(CCC23c2ccccc2-c2c(N(c4ccc5c6ccccc6n(-c6ccccc6)c5c4)c4ccccc4-c4ccccc4)cccc23)C1. The van der Waals surface area contributed by atoms with E-state index in [2.05, 4.69) is 192 Å². The molecule has 1 fully saturated rings. The van der Waals surface area contributed by atoms with E-state index in [0.717, 1.165) is 5.69 Å². The summed E-state index contributed by atoms with van der Waals surface area (Å²) >= 11 is 0. The van der Waals surface area contributed by atoms with Gasteiger partial charge in [-0.3, -0.25) is 0 Å². The zero-order valence-electron chi connectivity index (χ0n) is 29.9. The number of hydrogen-bond donors (Lipinski definition) is 0. The lowest BCUT2D eigenvalue weighted by molar-refractivity contribution is 0.533. The second kappa shape index (κ2) is 11.7. The molecule has 0 N–H and O–H groups in total. The van der Waals surface area contributed by atoms with Crippen LogP contribution in [-0.2, 0) is 5.41 Å². The van der Waals surface area contributed by atoms with Crippen LogP contribution in [0.1, 0.15) is 37.3 Å². The number of nitrogens with zero attached hydrogens (tertiary/aromatic N) is 2. The molecular formula is C51H40N2. The molecule has 2 nitrogen and oxygen atoms in total. The summed E-state index contributed by atoms with van der Waals surface area (Å²) in [4.78, 5) is 2.56. The highest BCUT2D eigenvalue weighted by Gasteiger charge is 2.53. The van der Waals surface area contributed by atoms with Crippen LogP contribution in [0, 0.1) is 11.8 Å². The summed E-state index contributed by atoms with van der Waals surface area (Å²) in [5.74, 6) is 1.30. The van der Waals surface area contributed by atoms with E-state index in [1.165, 1.54) is 91.5 Å². The van der Waals surface area contributed by atoms with Gasteiger partial charge in [-0.25, -0.2) is 0 Å². The molecule has 0 amide bonds. The summed E-state index contributed by atoms with van der Waals surface area (Å²) in [5.41, 5.74) is 16.9. The summed E-state index contributed by atoms with van der Waals surface area (Å²) in [6.07, 6.45) is 6.35. The lowest BCUT2D eigenvalue weighted by atomic mass is 9.73. The Balaban J connectivity index is 1.22. The Morgan fingerprint density at radius 2 is 1.26 bits per heavy atom. The largest absolute Gasteiger partial charge is 0.309 e. The van der Waals surface area contributed by atoms with Gasteiger partial charge in [0, 0.05) is 38.7 Å². The molecule has 254 valence electrons. The molecule has 0 bridgehead atoms. The Kier molecular flexibility index (Phi) is 6.73. The van der Waals surface area contributed by atoms with Crippen molar-refractivity contribution in [2.75, 3.05) is 4.90 Å². The highest BCUT2D eigenvalue weighted by molar-refractivity contribution is 6.11. The predicted octanol–water partition coefficient (Wildman–Crippen LogP) is 13.6.